The average molecular weight is 240 g/mol. The van der Waals surface area contributed by atoms with Gasteiger partial charge in [-0.05, 0) is 19.1 Å². The van der Waals surface area contributed by atoms with Crippen LogP contribution in [-0.2, 0) is 15.9 Å². The van der Waals surface area contributed by atoms with Gasteiger partial charge in [0.1, 0.15) is 17.1 Å². The van der Waals surface area contributed by atoms with Crippen LogP contribution < -0.4 is 0 Å². The SMILES string of the molecule is COC(=O)c1cc(F)cc(CC2OC2C)c1O. The first kappa shape index (κ1) is 11.9. The monoisotopic (exact) mass is 240 g/mol. The molecule has 1 aromatic carbocycles. The molecule has 1 fully saturated rings. The molecule has 1 N–H and O–H groups in total. The van der Waals surface area contributed by atoms with Crippen molar-refractivity contribution in [3.8, 4) is 5.75 Å². The number of esters is 1. The number of epoxide rings is 1. The fourth-order valence-corrected chi connectivity index (χ4v) is 1.74. The normalized spacial score (nSPS) is 22.3. The maximum atomic E-state index is 13.3. The van der Waals surface area contributed by atoms with Crippen molar-refractivity contribution in [1.82, 2.24) is 0 Å². The van der Waals surface area contributed by atoms with Gasteiger partial charge in [0.2, 0.25) is 0 Å². The smallest absolute Gasteiger partial charge is 0.341 e. The van der Waals surface area contributed by atoms with Crippen molar-refractivity contribution in [3.05, 3.63) is 29.1 Å². The van der Waals surface area contributed by atoms with E-state index in [4.69, 9.17) is 4.74 Å². The molecule has 1 aliphatic heterocycles. The van der Waals surface area contributed by atoms with Gasteiger partial charge in [-0.25, -0.2) is 9.18 Å². The number of phenolic OH excluding ortho intramolecular Hbond substituents is 1. The Labute approximate surface area is 98.0 Å². The Balaban J connectivity index is 2.31. The van der Waals surface area contributed by atoms with Crippen LogP contribution in [0.4, 0.5) is 4.39 Å². The second-order valence-corrected chi connectivity index (χ2v) is 4.04. The molecule has 0 aromatic heterocycles. The molecule has 1 aliphatic rings. The van der Waals surface area contributed by atoms with E-state index in [0.29, 0.717) is 12.0 Å². The van der Waals surface area contributed by atoms with Crippen LogP contribution in [0.15, 0.2) is 12.1 Å². The van der Waals surface area contributed by atoms with Crippen LogP contribution in [-0.4, -0.2) is 30.4 Å². The minimum Gasteiger partial charge on any atom is -0.507 e. The van der Waals surface area contributed by atoms with Gasteiger partial charge < -0.3 is 14.6 Å². The van der Waals surface area contributed by atoms with E-state index >= 15 is 0 Å². The van der Waals surface area contributed by atoms with Crippen LogP contribution in [0.25, 0.3) is 0 Å². The highest BCUT2D eigenvalue weighted by atomic mass is 19.1. The lowest BCUT2D eigenvalue weighted by Gasteiger charge is -2.08. The van der Waals surface area contributed by atoms with E-state index in [1.54, 1.807) is 0 Å². The maximum absolute atomic E-state index is 13.3. The molecule has 1 heterocycles. The third-order valence-corrected chi connectivity index (χ3v) is 2.82. The van der Waals surface area contributed by atoms with Gasteiger partial charge in [0.15, 0.2) is 0 Å². The van der Waals surface area contributed by atoms with Crippen molar-refractivity contribution in [2.45, 2.75) is 25.6 Å². The van der Waals surface area contributed by atoms with Crippen molar-refractivity contribution < 1.29 is 23.8 Å². The summed E-state index contributed by atoms with van der Waals surface area (Å²) in [5.41, 5.74) is 0.204. The Kier molecular flexibility index (Phi) is 3.02. The summed E-state index contributed by atoms with van der Waals surface area (Å²) in [5, 5.41) is 9.85. The molecule has 5 heteroatoms. The summed E-state index contributed by atoms with van der Waals surface area (Å²) in [5.74, 6) is -1.57. The number of aromatic hydroxyl groups is 1. The summed E-state index contributed by atoms with van der Waals surface area (Å²) in [6.45, 7) is 1.89. The zero-order chi connectivity index (χ0) is 12.6. The number of methoxy groups -OCH3 is 1. The summed E-state index contributed by atoms with van der Waals surface area (Å²) in [7, 11) is 1.18. The van der Waals surface area contributed by atoms with Crippen LogP contribution in [0.5, 0.6) is 5.75 Å². The van der Waals surface area contributed by atoms with Gasteiger partial charge in [-0.15, -0.1) is 0 Å². The molecule has 0 saturated carbocycles. The van der Waals surface area contributed by atoms with Crippen LogP contribution in [0, 0.1) is 5.82 Å². The van der Waals surface area contributed by atoms with Crippen LogP contribution in [0.1, 0.15) is 22.8 Å². The molecule has 4 nitrogen and oxygen atoms in total. The standard InChI is InChI=1S/C12H13FO4/c1-6-10(17-6)4-7-3-8(13)5-9(11(7)14)12(15)16-2/h3,5-6,10,14H,4H2,1-2H3. The van der Waals surface area contributed by atoms with E-state index in [9.17, 15) is 14.3 Å². The third kappa shape index (κ3) is 2.39. The Hall–Kier alpha value is -1.62. The van der Waals surface area contributed by atoms with Gasteiger partial charge in [0, 0.05) is 12.0 Å². The van der Waals surface area contributed by atoms with Gasteiger partial charge in [-0.2, -0.15) is 0 Å². The summed E-state index contributed by atoms with van der Waals surface area (Å²) < 4.78 is 23.0. The summed E-state index contributed by atoms with van der Waals surface area (Å²) >= 11 is 0. The largest absolute Gasteiger partial charge is 0.507 e. The minimum atomic E-state index is -0.756. The number of phenols is 1. The van der Waals surface area contributed by atoms with Crippen molar-refractivity contribution in [2.75, 3.05) is 7.11 Å². The van der Waals surface area contributed by atoms with Crippen LogP contribution >= 0.6 is 0 Å². The lowest BCUT2D eigenvalue weighted by molar-refractivity contribution is 0.0596. The Morgan fingerprint density at radius 1 is 1.59 bits per heavy atom. The Bertz CT molecular complexity index is 458. The molecule has 2 atom stereocenters. The molecule has 0 bridgehead atoms. The number of carbonyl (C=O) groups is 1. The molecular weight excluding hydrogens is 227 g/mol. The van der Waals surface area contributed by atoms with Crippen molar-refractivity contribution in [3.63, 3.8) is 0 Å². The predicted octanol–water partition coefficient (Wildman–Crippen LogP) is 1.65. The summed E-state index contributed by atoms with van der Waals surface area (Å²) in [6, 6.07) is 2.16. The first-order valence-electron chi connectivity index (χ1n) is 5.28. The molecular formula is C12H13FO4. The zero-order valence-corrected chi connectivity index (χ0v) is 9.57. The lowest BCUT2D eigenvalue weighted by Crippen LogP contribution is -2.06. The molecule has 0 amide bonds. The first-order valence-corrected chi connectivity index (χ1v) is 5.28. The zero-order valence-electron chi connectivity index (χ0n) is 9.57. The van der Waals surface area contributed by atoms with E-state index in [-0.39, 0.29) is 23.5 Å². The highest BCUT2D eigenvalue weighted by Crippen LogP contribution is 2.31. The summed E-state index contributed by atoms with van der Waals surface area (Å²) in [6.07, 6.45) is 0.474. The average Bonchev–Trinajstić information content (AvgIpc) is 2.98. The second-order valence-electron chi connectivity index (χ2n) is 4.04. The van der Waals surface area contributed by atoms with Crippen LogP contribution in [0.2, 0.25) is 0 Å². The molecule has 17 heavy (non-hydrogen) atoms. The fourth-order valence-electron chi connectivity index (χ4n) is 1.74. The second kappa shape index (κ2) is 4.33. The van der Waals surface area contributed by atoms with Gasteiger partial charge >= 0.3 is 5.97 Å². The molecule has 1 saturated heterocycles. The lowest BCUT2D eigenvalue weighted by atomic mass is 10.0. The van der Waals surface area contributed by atoms with Crippen LogP contribution in [0.3, 0.4) is 0 Å². The highest BCUT2D eigenvalue weighted by molar-refractivity contribution is 5.92. The molecule has 2 unspecified atom stereocenters. The molecule has 0 radical (unpaired) electrons. The summed E-state index contributed by atoms with van der Waals surface area (Å²) in [4.78, 5) is 11.3. The molecule has 92 valence electrons. The first-order chi connectivity index (χ1) is 8.02. The van der Waals surface area contributed by atoms with Gasteiger partial charge in [0.05, 0.1) is 19.3 Å². The van der Waals surface area contributed by atoms with E-state index in [0.717, 1.165) is 6.07 Å². The number of hydrogen-bond acceptors (Lipinski definition) is 4. The number of halogens is 1. The molecule has 0 aliphatic carbocycles. The van der Waals surface area contributed by atoms with Gasteiger partial charge in [-0.3, -0.25) is 0 Å². The molecule has 0 spiro atoms. The fraction of sp³-hybridized carbons (Fsp3) is 0.417. The molecule has 2 rings (SSSR count). The quantitative estimate of drug-likeness (QED) is 0.644. The number of carbonyl (C=O) groups excluding carboxylic acids is 1. The van der Waals surface area contributed by atoms with Crippen molar-refractivity contribution in [2.24, 2.45) is 0 Å². The van der Waals surface area contributed by atoms with Crippen molar-refractivity contribution in [1.29, 1.82) is 0 Å². The van der Waals surface area contributed by atoms with E-state index in [1.807, 2.05) is 6.92 Å². The highest BCUT2D eigenvalue weighted by Gasteiger charge is 2.35. The van der Waals surface area contributed by atoms with E-state index in [1.165, 1.54) is 13.2 Å². The van der Waals surface area contributed by atoms with Gasteiger partial charge in [0.25, 0.3) is 0 Å². The maximum Gasteiger partial charge on any atom is 0.341 e. The molecule has 1 aromatic rings. The minimum absolute atomic E-state index is 0.0202. The number of ether oxygens (including phenoxy) is 2. The Morgan fingerprint density at radius 3 is 2.76 bits per heavy atom. The predicted molar refractivity (Wildman–Crippen MR) is 57.4 cm³/mol. The number of hydrogen-bond donors (Lipinski definition) is 1. The van der Waals surface area contributed by atoms with Gasteiger partial charge in [-0.1, -0.05) is 0 Å². The Morgan fingerprint density at radius 2 is 2.24 bits per heavy atom. The topological polar surface area (TPSA) is 59.1 Å². The number of rotatable bonds is 3. The third-order valence-electron chi connectivity index (χ3n) is 2.82. The van der Waals surface area contributed by atoms with Crippen molar-refractivity contribution >= 4 is 5.97 Å². The number of benzene rings is 1. The van der Waals surface area contributed by atoms with E-state index < -0.39 is 11.8 Å². The van der Waals surface area contributed by atoms with E-state index in [2.05, 4.69) is 4.74 Å².